The number of fused-ring (bicyclic) bond motifs is 1. The van der Waals surface area contributed by atoms with Crippen LogP contribution in [0.15, 0.2) is 46.1 Å². The SMILES string of the molecule is CCc1ccc([C@H](CNC(=O)c2cnc3c(c2)c(=O)[nH]c(=O)n3C2CC2)N(C)C)cc1. The van der Waals surface area contributed by atoms with Crippen LogP contribution in [0, 0.1) is 0 Å². The smallest absolute Gasteiger partial charge is 0.330 e. The van der Waals surface area contributed by atoms with Crippen LogP contribution in [0.3, 0.4) is 0 Å². The molecule has 1 atom stereocenters. The number of nitrogens with one attached hydrogen (secondary N) is 2. The number of nitrogens with zero attached hydrogens (tertiary/aromatic N) is 3. The lowest BCUT2D eigenvalue weighted by molar-refractivity contribution is 0.0941. The molecule has 2 heterocycles. The van der Waals surface area contributed by atoms with Crippen molar-refractivity contribution in [2.24, 2.45) is 0 Å². The minimum Gasteiger partial charge on any atom is -0.350 e. The Balaban J connectivity index is 1.56. The van der Waals surface area contributed by atoms with Gasteiger partial charge in [0.25, 0.3) is 11.5 Å². The van der Waals surface area contributed by atoms with E-state index < -0.39 is 11.2 Å². The summed E-state index contributed by atoms with van der Waals surface area (Å²) in [7, 11) is 3.94. The molecule has 0 bridgehead atoms. The molecule has 0 radical (unpaired) electrons. The maximum absolute atomic E-state index is 12.8. The van der Waals surface area contributed by atoms with E-state index in [4.69, 9.17) is 0 Å². The Morgan fingerprint density at radius 2 is 1.97 bits per heavy atom. The third-order valence-electron chi connectivity index (χ3n) is 5.81. The molecule has 2 aromatic heterocycles. The molecule has 1 aliphatic rings. The number of likely N-dealkylation sites (N-methyl/N-ethyl adjacent to an activating group) is 1. The van der Waals surface area contributed by atoms with E-state index in [9.17, 15) is 14.4 Å². The molecule has 0 aliphatic heterocycles. The van der Waals surface area contributed by atoms with Crippen molar-refractivity contribution in [2.45, 2.75) is 38.3 Å². The summed E-state index contributed by atoms with van der Waals surface area (Å²) in [6, 6.07) is 9.97. The van der Waals surface area contributed by atoms with Gasteiger partial charge < -0.3 is 10.2 Å². The van der Waals surface area contributed by atoms with E-state index in [2.05, 4.69) is 51.4 Å². The Bertz CT molecular complexity index is 1220. The van der Waals surface area contributed by atoms with Crippen molar-refractivity contribution in [3.05, 3.63) is 74.1 Å². The predicted molar refractivity (Wildman–Crippen MR) is 119 cm³/mol. The first-order chi connectivity index (χ1) is 14.9. The average molecular weight is 422 g/mol. The first-order valence-corrected chi connectivity index (χ1v) is 10.6. The fourth-order valence-corrected chi connectivity index (χ4v) is 3.80. The van der Waals surface area contributed by atoms with Crippen LogP contribution in [0.1, 0.15) is 53.3 Å². The highest BCUT2D eigenvalue weighted by Crippen LogP contribution is 2.34. The third-order valence-corrected chi connectivity index (χ3v) is 5.81. The summed E-state index contributed by atoms with van der Waals surface area (Å²) in [5, 5.41) is 3.20. The van der Waals surface area contributed by atoms with Gasteiger partial charge in [-0.15, -0.1) is 0 Å². The summed E-state index contributed by atoms with van der Waals surface area (Å²) in [6.07, 6.45) is 4.18. The number of H-pyrrole nitrogens is 1. The Hall–Kier alpha value is -3.26. The van der Waals surface area contributed by atoms with Gasteiger partial charge in [0.15, 0.2) is 0 Å². The van der Waals surface area contributed by atoms with E-state index in [0.29, 0.717) is 12.2 Å². The van der Waals surface area contributed by atoms with E-state index in [1.165, 1.54) is 22.4 Å². The molecule has 8 heteroatoms. The molecular formula is C23H27N5O3. The molecule has 31 heavy (non-hydrogen) atoms. The fraction of sp³-hybridized carbons (Fsp3) is 0.391. The van der Waals surface area contributed by atoms with E-state index in [1.807, 2.05) is 14.1 Å². The second-order valence-corrected chi connectivity index (χ2v) is 8.24. The Labute approximate surface area is 179 Å². The highest BCUT2D eigenvalue weighted by molar-refractivity contribution is 5.96. The van der Waals surface area contributed by atoms with Gasteiger partial charge in [-0.3, -0.25) is 19.1 Å². The maximum Gasteiger partial charge on any atom is 0.330 e. The first-order valence-electron chi connectivity index (χ1n) is 10.6. The molecule has 1 aromatic carbocycles. The van der Waals surface area contributed by atoms with Crippen molar-refractivity contribution in [3.63, 3.8) is 0 Å². The Kier molecular flexibility index (Phi) is 5.73. The van der Waals surface area contributed by atoms with Crippen molar-refractivity contribution >= 4 is 16.9 Å². The number of benzene rings is 1. The van der Waals surface area contributed by atoms with E-state index in [1.54, 1.807) is 0 Å². The van der Waals surface area contributed by atoms with Gasteiger partial charge in [0.05, 0.1) is 17.0 Å². The molecular weight excluding hydrogens is 394 g/mol. The number of aromatic amines is 1. The van der Waals surface area contributed by atoms with Crippen LogP contribution in [-0.4, -0.2) is 46.0 Å². The van der Waals surface area contributed by atoms with E-state index in [0.717, 1.165) is 24.8 Å². The molecule has 1 fully saturated rings. The summed E-state index contributed by atoms with van der Waals surface area (Å²) in [4.78, 5) is 46.0. The fourth-order valence-electron chi connectivity index (χ4n) is 3.80. The highest BCUT2D eigenvalue weighted by atomic mass is 16.2. The van der Waals surface area contributed by atoms with Gasteiger partial charge in [-0.05, 0) is 50.6 Å². The number of hydrogen-bond donors (Lipinski definition) is 2. The predicted octanol–water partition coefficient (Wildman–Crippen LogP) is 2.01. The van der Waals surface area contributed by atoms with E-state index in [-0.39, 0.29) is 28.9 Å². The largest absolute Gasteiger partial charge is 0.350 e. The molecule has 8 nitrogen and oxygen atoms in total. The summed E-state index contributed by atoms with van der Waals surface area (Å²) < 4.78 is 1.51. The van der Waals surface area contributed by atoms with Crippen LogP contribution in [0.5, 0.6) is 0 Å². The average Bonchev–Trinajstić information content (AvgIpc) is 3.59. The zero-order valence-corrected chi connectivity index (χ0v) is 18.0. The molecule has 1 amide bonds. The number of carbonyl (C=O) groups is 1. The highest BCUT2D eigenvalue weighted by Gasteiger charge is 2.28. The summed E-state index contributed by atoms with van der Waals surface area (Å²) >= 11 is 0. The lowest BCUT2D eigenvalue weighted by Crippen LogP contribution is -2.35. The van der Waals surface area contributed by atoms with Crippen molar-refractivity contribution in [1.29, 1.82) is 0 Å². The van der Waals surface area contributed by atoms with Crippen molar-refractivity contribution in [2.75, 3.05) is 20.6 Å². The first kappa shape index (κ1) is 21.0. The quantitative estimate of drug-likeness (QED) is 0.608. The number of hydrogen-bond acceptors (Lipinski definition) is 5. The number of aromatic nitrogens is 3. The van der Waals surface area contributed by atoms with Gasteiger partial charge in [0, 0.05) is 18.8 Å². The minimum absolute atomic E-state index is 0.00622. The molecule has 2 N–H and O–H groups in total. The molecule has 4 rings (SSSR count). The molecule has 0 unspecified atom stereocenters. The van der Waals surface area contributed by atoms with Gasteiger partial charge in [-0.25, -0.2) is 9.78 Å². The van der Waals surface area contributed by atoms with Crippen LogP contribution in [0.2, 0.25) is 0 Å². The van der Waals surface area contributed by atoms with E-state index >= 15 is 0 Å². The zero-order chi connectivity index (χ0) is 22.1. The Morgan fingerprint density at radius 1 is 1.26 bits per heavy atom. The number of aryl methyl sites for hydroxylation is 1. The minimum atomic E-state index is -0.527. The van der Waals surface area contributed by atoms with Crippen LogP contribution >= 0.6 is 0 Å². The van der Waals surface area contributed by atoms with Gasteiger partial charge in [0.1, 0.15) is 5.65 Å². The Morgan fingerprint density at radius 3 is 2.58 bits per heavy atom. The summed E-state index contributed by atoms with van der Waals surface area (Å²) in [5.74, 6) is -0.310. The molecule has 3 aromatic rings. The second-order valence-electron chi connectivity index (χ2n) is 8.24. The topological polar surface area (TPSA) is 100 Å². The van der Waals surface area contributed by atoms with Crippen LogP contribution in [0.4, 0.5) is 0 Å². The molecule has 0 spiro atoms. The van der Waals surface area contributed by atoms with Gasteiger partial charge in [-0.1, -0.05) is 31.2 Å². The number of carbonyl (C=O) groups excluding carboxylic acids is 1. The normalized spacial score (nSPS) is 14.7. The van der Waals surface area contributed by atoms with Crippen molar-refractivity contribution < 1.29 is 4.79 Å². The summed E-state index contributed by atoms with van der Waals surface area (Å²) in [6.45, 7) is 2.53. The monoisotopic (exact) mass is 421 g/mol. The van der Waals surface area contributed by atoms with Crippen molar-refractivity contribution in [3.8, 4) is 0 Å². The molecule has 1 saturated carbocycles. The van der Waals surface area contributed by atoms with Crippen LogP contribution in [0.25, 0.3) is 11.0 Å². The number of rotatable bonds is 7. The molecule has 162 valence electrons. The zero-order valence-electron chi connectivity index (χ0n) is 18.0. The molecule has 0 saturated heterocycles. The van der Waals surface area contributed by atoms with Gasteiger partial charge in [-0.2, -0.15) is 0 Å². The van der Waals surface area contributed by atoms with Gasteiger partial charge in [0.2, 0.25) is 0 Å². The van der Waals surface area contributed by atoms with Crippen LogP contribution in [-0.2, 0) is 6.42 Å². The lowest BCUT2D eigenvalue weighted by Gasteiger charge is -2.25. The molecule has 1 aliphatic carbocycles. The van der Waals surface area contributed by atoms with Gasteiger partial charge >= 0.3 is 5.69 Å². The standard InChI is InChI=1S/C23H27N5O3/c1-4-14-5-7-15(8-6-14)19(27(2)3)13-25-21(29)16-11-18-20(24-12-16)28(17-9-10-17)23(31)26-22(18)30/h5-8,11-12,17,19H,4,9-10,13H2,1-3H3,(H,25,29)(H,26,30,31)/t19-/m0/s1. The number of pyridine rings is 1. The lowest BCUT2D eigenvalue weighted by atomic mass is 10.0. The summed E-state index contributed by atoms with van der Waals surface area (Å²) in [5.41, 5.74) is 2.02. The van der Waals surface area contributed by atoms with Crippen molar-refractivity contribution in [1.82, 2.24) is 24.8 Å². The van der Waals surface area contributed by atoms with Crippen LogP contribution < -0.4 is 16.6 Å². The second kappa shape index (κ2) is 8.47. The third kappa shape index (κ3) is 4.29. The number of amides is 1. The maximum atomic E-state index is 12.8.